The summed E-state index contributed by atoms with van der Waals surface area (Å²) in [6.45, 7) is -0.556. The topological polar surface area (TPSA) is 98.7 Å². The smallest absolute Gasteiger partial charge is 0.326 e. The summed E-state index contributed by atoms with van der Waals surface area (Å²) in [5.74, 6) is -2.14. The van der Waals surface area contributed by atoms with E-state index in [1.807, 2.05) is 6.08 Å². The number of carbonyl (C=O) groups excluding carboxylic acids is 1. The van der Waals surface area contributed by atoms with E-state index in [0.29, 0.717) is 4.31 Å². The Kier molecular flexibility index (Phi) is 2.94. The molecule has 2 atom stereocenters. The molecule has 4 rings (SSSR count). The molecule has 2 unspecified atom stereocenters. The van der Waals surface area contributed by atoms with Gasteiger partial charge in [-0.15, -0.1) is 0 Å². The maximum atomic E-state index is 15.0. The molecule has 0 saturated carbocycles. The minimum atomic E-state index is -4.19. The number of phenols is 1. The number of anilines is 1. The van der Waals surface area contributed by atoms with Crippen molar-refractivity contribution in [2.24, 2.45) is 0 Å². The molecule has 1 amide bonds. The molecule has 1 aromatic rings. The average molecular weight is 339 g/mol. The van der Waals surface area contributed by atoms with E-state index in [0.717, 1.165) is 18.4 Å². The van der Waals surface area contributed by atoms with E-state index in [9.17, 15) is 22.7 Å². The van der Waals surface area contributed by atoms with Crippen LogP contribution in [0.5, 0.6) is 5.75 Å². The van der Waals surface area contributed by atoms with Gasteiger partial charge >= 0.3 is 10.2 Å². The second kappa shape index (κ2) is 4.68. The fourth-order valence-corrected chi connectivity index (χ4v) is 4.58. The van der Waals surface area contributed by atoms with Crippen molar-refractivity contribution in [3.8, 4) is 5.75 Å². The summed E-state index contributed by atoms with van der Waals surface area (Å²) < 4.78 is 41.1. The fourth-order valence-electron chi connectivity index (χ4n) is 3.42. The van der Waals surface area contributed by atoms with Crippen LogP contribution in [0, 0.1) is 5.82 Å². The predicted molar refractivity (Wildman–Crippen MR) is 80.4 cm³/mol. The highest BCUT2D eigenvalue weighted by molar-refractivity contribution is 7.92. The molecule has 3 aliphatic rings. The molecule has 0 spiro atoms. The maximum absolute atomic E-state index is 15.0. The number of nitrogens with zero attached hydrogens (tertiary/aromatic N) is 1. The molecule has 9 heteroatoms. The van der Waals surface area contributed by atoms with Crippen molar-refractivity contribution >= 4 is 27.4 Å². The van der Waals surface area contributed by atoms with E-state index in [1.165, 1.54) is 12.1 Å². The van der Waals surface area contributed by atoms with Gasteiger partial charge in [0.2, 0.25) is 0 Å². The SMILES string of the molecule is O=C1CN(c2c(O)ccc(C3=CC4CCC3N4)c2F)S(=O)(=O)N1. The van der Waals surface area contributed by atoms with Crippen LogP contribution >= 0.6 is 0 Å². The van der Waals surface area contributed by atoms with Gasteiger partial charge in [0.15, 0.2) is 5.82 Å². The van der Waals surface area contributed by atoms with Crippen LogP contribution in [0.2, 0.25) is 0 Å². The predicted octanol–water partition coefficient (Wildman–Crippen LogP) is 0.230. The lowest BCUT2D eigenvalue weighted by atomic mass is 9.92. The summed E-state index contributed by atoms with van der Waals surface area (Å²) >= 11 is 0. The average Bonchev–Trinajstić information content (AvgIpc) is 3.14. The molecule has 1 aromatic carbocycles. The van der Waals surface area contributed by atoms with E-state index >= 15 is 0 Å². The second-order valence-corrected chi connectivity index (χ2v) is 7.45. The highest BCUT2D eigenvalue weighted by Crippen LogP contribution is 2.41. The van der Waals surface area contributed by atoms with Gasteiger partial charge in [-0.25, -0.2) is 13.4 Å². The first-order valence-electron chi connectivity index (χ1n) is 7.20. The molecule has 0 aliphatic carbocycles. The zero-order chi connectivity index (χ0) is 16.4. The Bertz CT molecular complexity index is 852. The van der Waals surface area contributed by atoms with Crippen LogP contribution in [0.3, 0.4) is 0 Å². The zero-order valence-corrected chi connectivity index (χ0v) is 12.7. The Labute approximate surface area is 132 Å². The van der Waals surface area contributed by atoms with Crippen LogP contribution in [-0.4, -0.2) is 38.1 Å². The molecule has 122 valence electrons. The third-order valence-electron chi connectivity index (χ3n) is 4.41. The first-order chi connectivity index (χ1) is 10.9. The number of hydrogen-bond acceptors (Lipinski definition) is 5. The van der Waals surface area contributed by atoms with Crippen LogP contribution in [0.15, 0.2) is 18.2 Å². The Hall–Kier alpha value is -2.13. The number of fused-ring (bicyclic) bond motifs is 2. The molecule has 2 saturated heterocycles. The lowest BCUT2D eigenvalue weighted by Crippen LogP contribution is -2.30. The first-order valence-corrected chi connectivity index (χ1v) is 8.64. The molecular formula is C14H14FN3O4S. The van der Waals surface area contributed by atoms with Crippen molar-refractivity contribution in [3.05, 3.63) is 29.6 Å². The van der Waals surface area contributed by atoms with Gasteiger partial charge in [0, 0.05) is 17.6 Å². The molecule has 7 nitrogen and oxygen atoms in total. The molecule has 3 aliphatic heterocycles. The Balaban J connectivity index is 1.84. The highest BCUT2D eigenvalue weighted by atomic mass is 32.2. The summed E-state index contributed by atoms with van der Waals surface area (Å²) in [5.41, 5.74) is 0.507. The molecule has 0 aromatic heterocycles. The van der Waals surface area contributed by atoms with Crippen LogP contribution < -0.4 is 14.3 Å². The Morgan fingerprint density at radius 3 is 2.65 bits per heavy atom. The van der Waals surface area contributed by atoms with E-state index in [4.69, 9.17) is 0 Å². The number of benzene rings is 1. The molecule has 2 bridgehead atoms. The van der Waals surface area contributed by atoms with Gasteiger partial charge in [0.1, 0.15) is 18.0 Å². The fraction of sp³-hybridized carbons (Fsp3) is 0.357. The van der Waals surface area contributed by atoms with E-state index in [-0.39, 0.29) is 17.6 Å². The van der Waals surface area contributed by atoms with Gasteiger partial charge in [0.25, 0.3) is 5.91 Å². The first kappa shape index (κ1) is 14.5. The molecule has 23 heavy (non-hydrogen) atoms. The number of phenolic OH excluding ortho intramolecular Hbond substituents is 1. The number of carbonyl (C=O) groups is 1. The van der Waals surface area contributed by atoms with E-state index in [2.05, 4.69) is 5.32 Å². The van der Waals surface area contributed by atoms with E-state index in [1.54, 1.807) is 4.72 Å². The minimum Gasteiger partial charge on any atom is -0.506 e. The normalized spacial score (nSPS) is 28.1. The third kappa shape index (κ3) is 2.11. The van der Waals surface area contributed by atoms with Crippen LogP contribution in [-0.2, 0) is 15.0 Å². The van der Waals surface area contributed by atoms with Gasteiger partial charge in [-0.2, -0.15) is 8.42 Å². The van der Waals surface area contributed by atoms with Gasteiger partial charge < -0.3 is 10.4 Å². The summed E-state index contributed by atoms with van der Waals surface area (Å²) in [6, 6.07) is 2.91. The quantitative estimate of drug-likeness (QED) is 0.716. The summed E-state index contributed by atoms with van der Waals surface area (Å²) in [6.07, 6.45) is 3.79. The third-order valence-corrected chi connectivity index (χ3v) is 5.79. The minimum absolute atomic E-state index is 0.0295. The molecule has 0 radical (unpaired) electrons. The van der Waals surface area contributed by atoms with Crippen molar-refractivity contribution in [1.29, 1.82) is 0 Å². The number of amides is 1. The van der Waals surface area contributed by atoms with Crippen LogP contribution in [0.25, 0.3) is 5.57 Å². The monoisotopic (exact) mass is 339 g/mol. The van der Waals surface area contributed by atoms with Gasteiger partial charge in [-0.1, -0.05) is 6.08 Å². The Morgan fingerprint density at radius 2 is 2.09 bits per heavy atom. The van der Waals surface area contributed by atoms with Gasteiger partial charge in [0.05, 0.1) is 0 Å². The number of halogens is 1. The van der Waals surface area contributed by atoms with Crippen molar-refractivity contribution in [1.82, 2.24) is 10.0 Å². The Morgan fingerprint density at radius 1 is 1.30 bits per heavy atom. The largest absolute Gasteiger partial charge is 0.506 e. The van der Waals surface area contributed by atoms with Crippen molar-refractivity contribution < 1.29 is 22.7 Å². The number of nitrogens with one attached hydrogen (secondary N) is 2. The van der Waals surface area contributed by atoms with E-state index < -0.39 is 39.9 Å². The lowest BCUT2D eigenvalue weighted by molar-refractivity contribution is -0.117. The second-order valence-electron chi connectivity index (χ2n) is 5.86. The number of rotatable bonds is 2. The maximum Gasteiger partial charge on any atom is 0.326 e. The molecular weight excluding hydrogens is 325 g/mol. The standard InChI is InChI=1S/C14H14FN3O4S/c15-13-8(9-5-7-1-3-10(9)16-7)2-4-11(19)14(13)18-6-12(20)17-23(18,21)22/h2,4-5,7,10,16,19H,1,3,6H2,(H,17,20). The van der Waals surface area contributed by atoms with Crippen LogP contribution in [0.1, 0.15) is 18.4 Å². The molecule has 2 fully saturated rings. The summed E-state index contributed by atoms with van der Waals surface area (Å²) in [4.78, 5) is 11.4. The van der Waals surface area contributed by atoms with Crippen molar-refractivity contribution in [2.45, 2.75) is 24.9 Å². The molecule has 3 heterocycles. The summed E-state index contributed by atoms with van der Waals surface area (Å²) in [5, 5.41) is 13.3. The number of hydrogen-bond donors (Lipinski definition) is 3. The van der Waals surface area contributed by atoms with Gasteiger partial charge in [-0.3, -0.25) is 4.79 Å². The van der Waals surface area contributed by atoms with Gasteiger partial charge in [-0.05, 0) is 30.5 Å². The summed E-state index contributed by atoms with van der Waals surface area (Å²) in [7, 11) is -4.19. The van der Waals surface area contributed by atoms with Crippen molar-refractivity contribution in [3.63, 3.8) is 0 Å². The highest BCUT2D eigenvalue weighted by Gasteiger charge is 2.39. The lowest BCUT2D eigenvalue weighted by Gasteiger charge is -2.20. The molecule has 3 N–H and O–H groups in total. The van der Waals surface area contributed by atoms with Crippen LogP contribution in [0.4, 0.5) is 10.1 Å². The van der Waals surface area contributed by atoms with Crippen molar-refractivity contribution in [2.75, 3.05) is 10.8 Å². The number of aromatic hydroxyl groups is 1. The zero-order valence-electron chi connectivity index (χ0n) is 11.9.